The molecule has 4 aromatic rings. The molecule has 0 unspecified atom stereocenters. The van der Waals surface area contributed by atoms with Crippen molar-refractivity contribution in [3.05, 3.63) is 30.3 Å². The van der Waals surface area contributed by atoms with E-state index < -0.39 is 35.2 Å². The fourth-order valence-corrected chi connectivity index (χ4v) is 7.49. The fraction of sp³-hybridized carbons (Fsp3) is 0.263. The lowest BCUT2D eigenvalue weighted by Crippen LogP contribution is -2.34. The number of benzene rings is 2. The second kappa shape index (κ2) is 8.35. The highest BCUT2D eigenvalue weighted by Crippen LogP contribution is 2.42. The van der Waals surface area contributed by atoms with Crippen LogP contribution in [0.3, 0.4) is 0 Å². The third-order valence-electron chi connectivity index (χ3n) is 5.05. The molecule has 180 valence electrons. The summed E-state index contributed by atoms with van der Waals surface area (Å²) in [6.07, 6.45) is 0.0933. The first-order valence-corrected chi connectivity index (χ1v) is 13.9. The first-order chi connectivity index (χ1) is 15.8. The number of hydrogen-bond donors (Lipinski definition) is 4. The first-order valence-electron chi connectivity index (χ1n) is 9.88. The van der Waals surface area contributed by atoms with Crippen molar-refractivity contribution in [2.24, 2.45) is 10.9 Å². The standard InChI is InChI=1S/C19H22N8O4S3/c1-19(2,21)8-9-33(28,29)13-7-6-10(11-4-3-5-12-15(11)23-18(20)32-12)14(16(13)34(22,30)31)17-24-26-27-25-17/h3-7H,8-9,21H2,1-2H3,(H2,20,23)(H2,22,30,31)(H,24,25,26,27). The molecule has 0 bridgehead atoms. The van der Waals surface area contributed by atoms with Gasteiger partial charge in [0.15, 0.2) is 15.0 Å². The average molecular weight is 523 g/mol. The molecule has 34 heavy (non-hydrogen) atoms. The molecule has 0 spiro atoms. The van der Waals surface area contributed by atoms with E-state index in [0.29, 0.717) is 21.8 Å². The summed E-state index contributed by atoms with van der Waals surface area (Å²) in [6, 6.07) is 7.96. The molecule has 0 amide bonds. The maximum Gasteiger partial charge on any atom is 0.240 e. The number of nitrogen functional groups attached to an aromatic ring is 1. The van der Waals surface area contributed by atoms with E-state index in [1.807, 2.05) is 6.07 Å². The summed E-state index contributed by atoms with van der Waals surface area (Å²) in [5, 5.41) is 19.5. The first kappa shape index (κ1) is 24.2. The van der Waals surface area contributed by atoms with Crippen molar-refractivity contribution in [3.8, 4) is 22.5 Å². The Labute approximate surface area is 199 Å². The molecule has 0 aliphatic heterocycles. The fourth-order valence-electron chi connectivity index (χ4n) is 3.50. The van der Waals surface area contributed by atoms with Gasteiger partial charge in [0.1, 0.15) is 4.90 Å². The van der Waals surface area contributed by atoms with Crippen molar-refractivity contribution < 1.29 is 16.8 Å². The molecule has 0 radical (unpaired) electrons. The number of tetrazole rings is 1. The van der Waals surface area contributed by atoms with Gasteiger partial charge in [-0.1, -0.05) is 29.5 Å². The van der Waals surface area contributed by atoms with Crippen molar-refractivity contribution in [1.82, 2.24) is 25.6 Å². The Morgan fingerprint density at radius 3 is 2.44 bits per heavy atom. The third kappa shape index (κ3) is 4.65. The summed E-state index contributed by atoms with van der Waals surface area (Å²) < 4.78 is 53.0. The van der Waals surface area contributed by atoms with Gasteiger partial charge in [0.05, 0.1) is 26.4 Å². The molecule has 0 saturated carbocycles. The van der Waals surface area contributed by atoms with Crippen molar-refractivity contribution in [3.63, 3.8) is 0 Å². The van der Waals surface area contributed by atoms with Crippen LogP contribution in [-0.2, 0) is 19.9 Å². The van der Waals surface area contributed by atoms with Gasteiger partial charge in [-0.05, 0) is 43.2 Å². The van der Waals surface area contributed by atoms with Crippen LogP contribution in [0.25, 0.3) is 32.7 Å². The second-order valence-electron chi connectivity index (χ2n) is 8.36. The van der Waals surface area contributed by atoms with Gasteiger partial charge in [-0.2, -0.15) is 5.21 Å². The lowest BCUT2D eigenvalue weighted by atomic mass is 9.98. The minimum absolute atomic E-state index is 0.0933. The number of nitrogens with zero attached hydrogens (tertiary/aromatic N) is 4. The zero-order chi connectivity index (χ0) is 24.9. The van der Waals surface area contributed by atoms with Gasteiger partial charge in [-0.15, -0.1) is 10.2 Å². The number of aromatic amines is 1. The van der Waals surface area contributed by atoms with E-state index in [4.69, 9.17) is 16.6 Å². The minimum Gasteiger partial charge on any atom is -0.375 e. The van der Waals surface area contributed by atoms with Crippen LogP contribution in [-0.4, -0.2) is 53.7 Å². The number of H-pyrrole nitrogens is 1. The van der Waals surface area contributed by atoms with Gasteiger partial charge in [-0.3, -0.25) is 0 Å². The average Bonchev–Trinajstić information content (AvgIpc) is 3.38. The molecular formula is C19H22N8O4S3. The van der Waals surface area contributed by atoms with Crippen LogP contribution >= 0.6 is 11.3 Å². The van der Waals surface area contributed by atoms with Crippen LogP contribution < -0.4 is 16.6 Å². The molecule has 2 heterocycles. The van der Waals surface area contributed by atoms with E-state index >= 15 is 0 Å². The number of nitrogens with two attached hydrogens (primary N) is 3. The Bertz CT molecular complexity index is 1590. The number of thiazole rings is 1. The van der Waals surface area contributed by atoms with E-state index in [0.717, 1.165) is 4.70 Å². The Morgan fingerprint density at radius 2 is 1.82 bits per heavy atom. The molecule has 0 aliphatic rings. The number of anilines is 1. The predicted molar refractivity (Wildman–Crippen MR) is 129 cm³/mol. The number of sulfonamides is 1. The normalized spacial score (nSPS) is 12.9. The number of rotatable bonds is 7. The highest BCUT2D eigenvalue weighted by atomic mass is 32.2. The lowest BCUT2D eigenvalue weighted by Gasteiger charge is -2.20. The summed E-state index contributed by atoms with van der Waals surface area (Å²) in [4.78, 5) is 3.26. The Kier molecular flexibility index (Phi) is 5.93. The van der Waals surface area contributed by atoms with Crippen molar-refractivity contribution in [1.29, 1.82) is 0 Å². The van der Waals surface area contributed by atoms with Crippen LogP contribution in [0.1, 0.15) is 20.3 Å². The highest BCUT2D eigenvalue weighted by Gasteiger charge is 2.33. The van der Waals surface area contributed by atoms with E-state index in [-0.39, 0.29) is 23.6 Å². The number of aromatic nitrogens is 5. The predicted octanol–water partition coefficient (Wildman–Crippen LogP) is 1.27. The molecule has 0 atom stereocenters. The maximum absolute atomic E-state index is 13.3. The van der Waals surface area contributed by atoms with Crippen molar-refractivity contribution in [2.75, 3.05) is 11.5 Å². The summed E-state index contributed by atoms with van der Waals surface area (Å²) in [6.45, 7) is 3.36. The summed E-state index contributed by atoms with van der Waals surface area (Å²) >= 11 is 1.26. The van der Waals surface area contributed by atoms with E-state index in [1.54, 1.807) is 26.0 Å². The number of nitrogens with one attached hydrogen (secondary N) is 1. The Balaban J connectivity index is 2.08. The van der Waals surface area contributed by atoms with Crippen LogP contribution in [0.5, 0.6) is 0 Å². The molecular weight excluding hydrogens is 500 g/mol. The monoisotopic (exact) mass is 522 g/mol. The number of fused-ring (bicyclic) bond motifs is 1. The Morgan fingerprint density at radius 1 is 1.09 bits per heavy atom. The summed E-state index contributed by atoms with van der Waals surface area (Å²) in [7, 11) is -8.70. The van der Waals surface area contributed by atoms with E-state index in [1.165, 1.54) is 23.5 Å². The quantitative estimate of drug-likeness (QED) is 0.273. The molecule has 15 heteroatoms. The SMILES string of the molecule is CC(C)(N)CCS(=O)(=O)c1ccc(-c2cccc3sc(N)nc23)c(-c2nn[nH]n2)c1S(N)(=O)=O. The van der Waals surface area contributed by atoms with Gasteiger partial charge in [0, 0.05) is 11.1 Å². The maximum atomic E-state index is 13.3. The van der Waals surface area contributed by atoms with Crippen molar-refractivity contribution >= 4 is 46.5 Å². The van der Waals surface area contributed by atoms with Gasteiger partial charge in [-0.25, -0.2) is 27.0 Å². The van der Waals surface area contributed by atoms with E-state index in [9.17, 15) is 16.8 Å². The van der Waals surface area contributed by atoms with Gasteiger partial charge in [0.25, 0.3) is 0 Å². The van der Waals surface area contributed by atoms with Gasteiger partial charge in [0.2, 0.25) is 15.8 Å². The Hall–Kier alpha value is -2.98. The van der Waals surface area contributed by atoms with Crippen LogP contribution in [0.4, 0.5) is 5.13 Å². The lowest BCUT2D eigenvalue weighted by molar-refractivity contribution is 0.495. The smallest absolute Gasteiger partial charge is 0.240 e. The molecule has 0 aliphatic carbocycles. The number of para-hydroxylation sites is 1. The highest BCUT2D eigenvalue weighted by molar-refractivity contribution is 7.93. The van der Waals surface area contributed by atoms with Gasteiger partial charge >= 0.3 is 0 Å². The third-order valence-corrected chi connectivity index (χ3v) is 8.77. The molecule has 2 aromatic carbocycles. The van der Waals surface area contributed by atoms with E-state index in [2.05, 4.69) is 25.6 Å². The molecule has 7 N–H and O–H groups in total. The van der Waals surface area contributed by atoms with Crippen LogP contribution in [0.15, 0.2) is 40.1 Å². The summed E-state index contributed by atoms with van der Waals surface area (Å²) in [5.74, 6) is -0.530. The van der Waals surface area contributed by atoms with Crippen molar-refractivity contribution in [2.45, 2.75) is 35.6 Å². The summed E-state index contributed by atoms with van der Waals surface area (Å²) in [5.41, 5.74) is 12.3. The van der Waals surface area contributed by atoms with Crippen LogP contribution in [0, 0.1) is 0 Å². The zero-order valence-electron chi connectivity index (χ0n) is 18.2. The number of sulfone groups is 1. The molecule has 12 nitrogen and oxygen atoms in total. The zero-order valence-corrected chi connectivity index (χ0v) is 20.6. The molecule has 0 fully saturated rings. The molecule has 2 aromatic heterocycles. The molecule has 0 saturated heterocycles. The number of primary sulfonamides is 1. The minimum atomic E-state index is -4.58. The van der Waals surface area contributed by atoms with Crippen LogP contribution in [0.2, 0.25) is 0 Å². The topological polar surface area (TPSA) is 214 Å². The second-order valence-corrected chi connectivity index (χ2v) is 13.0. The van der Waals surface area contributed by atoms with Gasteiger partial charge < -0.3 is 11.5 Å². The number of hydrogen-bond acceptors (Lipinski definition) is 11. The molecule has 4 rings (SSSR count). The largest absolute Gasteiger partial charge is 0.375 e.